The Balaban J connectivity index is 1.41. The van der Waals surface area contributed by atoms with Crippen LogP contribution >= 0.6 is 0 Å². The topological polar surface area (TPSA) is 247 Å². The highest BCUT2D eigenvalue weighted by atomic mass is 16.8. The molecule has 2 bridgehead atoms. The highest BCUT2D eigenvalue weighted by Gasteiger charge is 2.82. The van der Waals surface area contributed by atoms with Crippen molar-refractivity contribution in [2.24, 2.45) is 22.7 Å². The van der Waals surface area contributed by atoms with Crippen LogP contribution in [0.4, 0.5) is 4.79 Å². The number of rotatable bonds is 10. The van der Waals surface area contributed by atoms with Gasteiger partial charge in [-0.15, -0.1) is 0 Å². The van der Waals surface area contributed by atoms with Gasteiger partial charge >= 0.3 is 24.1 Å². The standard InChI is InChI=1S/C42H51NO16/c1-19(2)16-23(43-35(49)24-14-11-15-53-24)28(46)37(51)55-30-20(3)27-29(47)32(48)40(7)25(45)17-26-41(18-54-26,58-21(4)44)31(40)34(56-36(50)22-12-9-8-10-13-22)42(39(27,5)6)33(30)57-38(52)59-42/h8-15,19,23,25-26,28-34,45-48H,16-18H2,1-7H3,(H,43,49)/t23-,25-,26+,28+,29+,30+,31?,32+,33-,34?,40+,41-,42+/m0/s1. The predicted molar refractivity (Wildman–Crippen MR) is 200 cm³/mol. The van der Waals surface area contributed by atoms with Gasteiger partial charge in [0.25, 0.3) is 5.91 Å². The molecule has 2 saturated carbocycles. The first-order valence-corrected chi connectivity index (χ1v) is 19.7. The Morgan fingerprint density at radius 2 is 1.69 bits per heavy atom. The maximum Gasteiger partial charge on any atom is 0.509 e. The number of furan rings is 1. The first kappa shape index (κ1) is 42.3. The molecular weight excluding hydrogens is 774 g/mol. The molecule has 5 aliphatic rings. The summed E-state index contributed by atoms with van der Waals surface area (Å²) in [6, 6.07) is 9.53. The maximum absolute atomic E-state index is 14.3. The van der Waals surface area contributed by atoms with Crippen LogP contribution in [0.25, 0.3) is 0 Å². The number of nitrogens with one attached hydrogen (secondary N) is 1. The molecule has 2 aliphatic heterocycles. The number of amides is 1. The zero-order valence-electron chi connectivity index (χ0n) is 33.8. The zero-order valence-corrected chi connectivity index (χ0v) is 33.8. The third-order valence-electron chi connectivity index (χ3n) is 13.3. The molecule has 2 unspecified atom stereocenters. The molecule has 1 aromatic carbocycles. The van der Waals surface area contributed by atoms with Crippen molar-refractivity contribution in [1.82, 2.24) is 5.32 Å². The number of benzene rings is 1. The number of ether oxygens (including phenoxy) is 6. The van der Waals surface area contributed by atoms with E-state index in [0.717, 1.165) is 6.92 Å². The molecule has 59 heavy (non-hydrogen) atoms. The van der Waals surface area contributed by atoms with Crippen LogP contribution in [0.15, 0.2) is 64.3 Å². The minimum Gasteiger partial charge on any atom is -0.459 e. The minimum absolute atomic E-state index is 0.00199. The quantitative estimate of drug-likeness (QED) is 0.131. The lowest BCUT2D eigenvalue weighted by Crippen LogP contribution is -2.83. The molecule has 320 valence electrons. The molecule has 7 rings (SSSR count). The fourth-order valence-corrected chi connectivity index (χ4v) is 10.5. The van der Waals surface area contributed by atoms with Gasteiger partial charge in [-0.25, -0.2) is 14.4 Å². The Labute approximate surface area is 339 Å². The Morgan fingerprint density at radius 3 is 2.29 bits per heavy atom. The zero-order chi connectivity index (χ0) is 43.0. The molecule has 3 aliphatic carbocycles. The largest absolute Gasteiger partial charge is 0.509 e. The van der Waals surface area contributed by atoms with Gasteiger partial charge in [-0.1, -0.05) is 52.8 Å². The normalized spacial score (nSPS) is 36.4. The molecule has 0 radical (unpaired) electrons. The third-order valence-corrected chi connectivity index (χ3v) is 13.3. The molecule has 4 fully saturated rings. The number of aliphatic hydroxyl groups excluding tert-OH is 4. The average molecular weight is 826 g/mol. The van der Waals surface area contributed by atoms with E-state index >= 15 is 0 Å². The predicted octanol–water partition coefficient (Wildman–Crippen LogP) is 2.38. The number of hydrogen-bond donors (Lipinski definition) is 5. The van der Waals surface area contributed by atoms with Gasteiger partial charge in [0.2, 0.25) is 5.60 Å². The van der Waals surface area contributed by atoms with E-state index < -0.39 is 113 Å². The summed E-state index contributed by atoms with van der Waals surface area (Å²) in [5.41, 5.74) is -7.40. The number of fused-ring (bicyclic) bond motifs is 4. The molecule has 3 heterocycles. The summed E-state index contributed by atoms with van der Waals surface area (Å²) in [5, 5.41) is 51.1. The van der Waals surface area contributed by atoms with E-state index in [2.05, 4.69) is 5.32 Å². The average Bonchev–Trinajstić information content (AvgIpc) is 3.84. The monoisotopic (exact) mass is 825 g/mol. The van der Waals surface area contributed by atoms with Gasteiger partial charge in [-0.3, -0.25) is 9.59 Å². The van der Waals surface area contributed by atoms with E-state index in [1.165, 1.54) is 44.4 Å². The number of carbonyl (C=O) groups is 5. The maximum atomic E-state index is 14.3. The molecule has 1 aromatic heterocycles. The van der Waals surface area contributed by atoms with Crippen molar-refractivity contribution >= 4 is 30.0 Å². The first-order valence-electron chi connectivity index (χ1n) is 19.7. The van der Waals surface area contributed by atoms with Gasteiger partial charge in [0.1, 0.15) is 12.2 Å². The summed E-state index contributed by atoms with van der Waals surface area (Å²) in [7, 11) is 0. The molecule has 13 atom stereocenters. The number of aliphatic hydroxyl groups is 4. The summed E-state index contributed by atoms with van der Waals surface area (Å²) in [6.45, 7) is 10.6. The van der Waals surface area contributed by atoms with Crippen LogP contribution in [0.5, 0.6) is 0 Å². The minimum atomic E-state index is -2.28. The van der Waals surface area contributed by atoms with Crippen LogP contribution in [0.1, 0.15) is 82.2 Å². The molecule has 1 amide bonds. The lowest BCUT2D eigenvalue weighted by Gasteiger charge is -2.68. The second kappa shape index (κ2) is 15.0. The van der Waals surface area contributed by atoms with Crippen molar-refractivity contribution in [2.45, 2.75) is 127 Å². The van der Waals surface area contributed by atoms with Crippen LogP contribution in [0.3, 0.4) is 0 Å². The van der Waals surface area contributed by atoms with Crippen LogP contribution < -0.4 is 5.32 Å². The highest BCUT2D eigenvalue weighted by molar-refractivity contribution is 5.92. The summed E-state index contributed by atoms with van der Waals surface area (Å²) in [6.07, 6.45) is -13.5. The van der Waals surface area contributed by atoms with Crippen LogP contribution in [-0.2, 0) is 38.0 Å². The smallest absolute Gasteiger partial charge is 0.459 e. The van der Waals surface area contributed by atoms with E-state index in [1.54, 1.807) is 32.0 Å². The molecule has 2 saturated heterocycles. The van der Waals surface area contributed by atoms with Crippen LogP contribution in [-0.4, -0.2) is 123 Å². The number of hydrogen-bond acceptors (Lipinski definition) is 16. The van der Waals surface area contributed by atoms with Crippen LogP contribution in [0.2, 0.25) is 0 Å². The van der Waals surface area contributed by atoms with E-state index in [-0.39, 0.29) is 47.8 Å². The summed E-state index contributed by atoms with van der Waals surface area (Å²) in [5.74, 6) is -5.38. The van der Waals surface area contributed by atoms with E-state index in [0.29, 0.717) is 0 Å². The lowest BCUT2D eigenvalue weighted by atomic mass is 9.44. The molecule has 17 nitrogen and oxygen atoms in total. The van der Waals surface area contributed by atoms with Crippen molar-refractivity contribution in [1.29, 1.82) is 0 Å². The molecule has 1 spiro atoms. The lowest BCUT2D eigenvalue weighted by molar-refractivity contribution is -0.364. The van der Waals surface area contributed by atoms with Crippen molar-refractivity contribution in [2.75, 3.05) is 6.61 Å². The van der Waals surface area contributed by atoms with E-state index in [4.69, 9.17) is 32.8 Å². The number of esters is 3. The van der Waals surface area contributed by atoms with Gasteiger partial charge in [0.15, 0.2) is 35.8 Å². The molecule has 2 aromatic rings. The van der Waals surface area contributed by atoms with Gasteiger partial charge in [-0.2, -0.15) is 0 Å². The van der Waals surface area contributed by atoms with Crippen molar-refractivity contribution in [3.05, 3.63) is 71.2 Å². The Morgan fingerprint density at radius 1 is 1.00 bits per heavy atom. The third kappa shape index (κ3) is 6.43. The van der Waals surface area contributed by atoms with E-state index in [9.17, 15) is 44.4 Å². The van der Waals surface area contributed by atoms with Gasteiger partial charge in [0, 0.05) is 24.2 Å². The second-order valence-corrected chi connectivity index (χ2v) is 17.4. The molecular formula is C42H51NO16. The fourth-order valence-electron chi connectivity index (χ4n) is 10.5. The summed E-state index contributed by atoms with van der Waals surface area (Å²) in [4.78, 5) is 68.3. The van der Waals surface area contributed by atoms with Gasteiger partial charge in [-0.05, 0) is 54.7 Å². The van der Waals surface area contributed by atoms with Crippen LogP contribution in [0, 0.1) is 22.7 Å². The van der Waals surface area contributed by atoms with Crippen molar-refractivity contribution in [3.63, 3.8) is 0 Å². The second-order valence-electron chi connectivity index (χ2n) is 17.4. The molecule has 5 N–H and O–H groups in total. The summed E-state index contributed by atoms with van der Waals surface area (Å²) >= 11 is 0. The highest BCUT2D eigenvalue weighted by Crippen LogP contribution is 2.67. The van der Waals surface area contributed by atoms with Crippen molar-refractivity contribution in [3.8, 4) is 0 Å². The summed E-state index contributed by atoms with van der Waals surface area (Å²) < 4.78 is 41.9. The SMILES string of the molecule is CC(=O)O[C@@]12CO[C@@H]1C[C@H](O)[C@]1(C)C2C(OC(=O)c2ccccc2)[C@]23OC(=O)O[C@H]2[C@H](OC(=O)[C@H](O)[C@H](CC(C)C)NC(=O)c2ccco2)C(C)=C([C@@H](O)[C@H]1O)C3(C)C. The number of carbonyl (C=O) groups excluding carboxylic acids is 5. The Bertz CT molecular complexity index is 2010. The Hall–Kier alpha value is -4.81. The van der Waals surface area contributed by atoms with E-state index in [1.807, 2.05) is 13.8 Å². The fraction of sp³-hybridized carbons (Fsp3) is 0.595. The van der Waals surface area contributed by atoms with Gasteiger partial charge in [0.05, 0.1) is 42.6 Å². The molecule has 17 heteroatoms. The Kier molecular flexibility index (Phi) is 10.8. The first-order chi connectivity index (χ1) is 27.7. The van der Waals surface area contributed by atoms with Crippen molar-refractivity contribution < 1.29 is 77.2 Å². The van der Waals surface area contributed by atoms with Gasteiger partial charge < -0.3 is 58.6 Å².